The second-order valence-electron chi connectivity index (χ2n) is 4.80. The van der Waals surface area contributed by atoms with Crippen LogP contribution in [0.25, 0.3) is 0 Å². The van der Waals surface area contributed by atoms with Gasteiger partial charge in [0.25, 0.3) is 0 Å². The minimum Gasteiger partial charge on any atom is -0.465 e. The summed E-state index contributed by atoms with van der Waals surface area (Å²) in [6, 6.07) is 7.65. The summed E-state index contributed by atoms with van der Waals surface area (Å²) < 4.78 is 4.68. The SMILES string of the molecule is COC(=O)c1sccc1NC(=O)Cc1ccc(C)c(C)c1. The van der Waals surface area contributed by atoms with Crippen molar-refractivity contribution in [3.05, 3.63) is 51.2 Å². The highest BCUT2D eigenvalue weighted by molar-refractivity contribution is 7.12. The van der Waals surface area contributed by atoms with Crippen molar-refractivity contribution in [1.82, 2.24) is 0 Å². The maximum absolute atomic E-state index is 12.1. The molecular formula is C16H17NO3S. The third kappa shape index (κ3) is 3.70. The van der Waals surface area contributed by atoms with Gasteiger partial charge in [-0.25, -0.2) is 4.79 Å². The van der Waals surface area contributed by atoms with Crippen LogP contribution in [-0.4, -0.2) is 19.0 Å². The van der Waals surface area contributed by atoms with Crippen molar-refractivity contribution in [3.8, 4) is 0 Å². The molecule has 1 amide bonds. The maximum atomic E-state index is 12.1. The largest absolute Gasteiger partial charge is 0.465 e. The molecule has 110 valence electrons. The van der Waals surface area contributed by atoms with Gasteiger partial charge in [0.15, 0.2) is 0 Å². The number of hydrogen-bond donors (Lipinski definition) is 1. The molecule has 2 rings (SSSR count). The number of esters is 1. The van der Waals surface area contributed by atoms with Gasteiger partial charge in [-0.1, -0.05) is 18.2 Å². The summed E-state index contributed by atoms with van der Waals surface area (Å²) in [5.74, 6) is -0.590. The van der Waals surface area contributed by atoms with Gasteiger partial charge in [-0.15, -0.1) is 11.3 Å². The number of ether oxygens (including phenoxy) is 1. The lowest BCUT2D eigenvalue weighted by Gasteiger charge is -2.07. The highest BCUT2D eigenvalue weighted by Crippen LogP contribution is 2.23. The third-order valence-corrected chi connectivity index (χ3v) is 4.14. The van der Waals surface area contributed by atoms with Crippen molar-refractivity contribution in [2.45, 2.75) is 20.3 Å². The number of carbonyl (C=O) groups excluding carboxylic acids is 2. The Morgan fingerprint density at radius 1 is 1.19 bits per heavy atom. The van der Waals surface area contributed by atoms with Gasteiger partial charge in [-0.05, 0) is 42.0 Å². The summed E-state index contributed by atoms with van der Waals surface area (Å²) in [6.07, 6.45) is 0.275. The lowest BCUT2D eigenvalue weighted by Crippen LogP contribution is -2.16. The molecule has 2 aromatic rings. The van der Waals surface area contributed by atoms with E-state index in [9.17, 15) is 9.59 Å². The molecule has 0 saturated carbocycles. The Hall–Kier alpha value is -2.14. The average molecular weight is 303 g/mol. The lowest BCUT2D eigenvalue weighted by atomic mass is 10.0. The highest BCUT2D eigenvalue weighted by atomic mass is 32.1. The molecule has 0 aliphatic rings. The van der Waals surface area contributed by atoms with Crippen molar-refractivity contribution in [2.75, 3.05) is 12.4 Å². The molecule has 0 atom stereocenters. The van der Waals surface area contributed by atoms with E-state index in [1.807, 2.05) is 32.0 Å². The Labute approximate surface area is 127 Å². The summed E-state index contributed by atoms with van der Waals surface area (Å²) in [4.78, 5) is 24.0. The Balaban J connectivity index is 2.07. The molecule has 1 aromatic carbocycles. The number of carbonyl (C=O) groups is 2. The number of aryl methyl sites for hydroxylation is 2. The minimum absolute atomic E-state index is 0.151. The average Bonchev–Trinajstić information content (AvgIpc) is 2.90. The van der Waals surface area contributed by atoms with Gasteiger partial charge < -0.3 is 10.1 Å². The van der Waals surface area contributed by atoms with Crippen LogP contribution in [0.15, 0.2) is 29.6 Å². The van der Waals surface area contributed by atoms with E-state index in [0.717, 1.165) is 11.1 Å². The second-order valence-corrected chi connectivity index (χ2v) is 5.71. The number of thiophene rings is 1. The van der Waals surface area contributed by atoms with Crippen LogP contribution < -0.4 is 5.32 Å². The monoisotopic (exact) mass is 303 g/mol. The van der Waals surface area contributed by atoms with Crippen molar-refractivity contribution < 1.29 is 14.3 Å². The topological polar surface area (TPSA) is 55.4 Å². The van der Waals surface area contributed by atoms with Gasteiger partial charge in [0.1, 0.15) is 4.88 Å². The molecule has 21 heavy (non-hydrogen) atoms. The van der Waals surface area contributed by atoms with Crippen LogP contribution in [0.4, 0.5) is 5.69 Å². The lowest BCUT2D eigenvalue weighted by molar-refractivity contribution is -0.115. The number of rotatable bonds is 4. The highest BCUT2D eigenvalue weighted by Gasteiger charge is 2.15. The Morgan fingerprint density at radius 2 is 1.95 bits per heavy atom. The fraction of sp³-hybridized carbons (Fsp3) is 0.250. The molecule has 0 spiro atoms. The molecule has 0 radical (unpaired) electrons. The molecular weight excluding hydrogens is 286 g/mol. The quantitative estimate of drug-likeness (QED) is 0.881. The van der Waals surface area contributed by atoms with E-state index in [1.165, 1.54) is 24.0 Å². The van der Waals surface area contributed by atoms with Crippen LogP contribution in [0.3, 0.4) is 0 Å². The number of nitrogens with one attached hydrogen (secondary N) is 1. The first kappa shape index (κ1) is 15.3. The Bertz CT molecular complexity index is 676. The first-order valence-electron chi connectivity index (χ1n) is 6.53. The van der Waals surface area contributed by atoms with E-state index >= 15 is 0 Å². The summed E-state index contributed by atoms with van der Waals surface area (Å²) in [6.45, 7) is 4.05. The summed E-state index contributed by atoms with van der Waals surface area (Å²) in [7, 11) is 1.32. The molecule has 1 N–H and O–H groups in total. The standard InChI is InChI=1S/C16H17NO3S/c1-10-4-5-12(8-11(10)2)9-14(18)17-13-6-7-21-15(13)16(19)20-3/h4-8H,9H2,1-3H3,(H,17,18). The van der Waals surface area contributed by atoms with Gasteiger partial charge in [0.2, 0.25) is 5.91 Å². The minimum atomic E-state index is -0.438. The van der Waals surface area contributed by atoms with E-state index < -0.39 is 5.97 Å². The third-order valence-electron chi connectivity index (χ3n) is 3.25. The zero-order chi connectivity index (χ0) is 15.4. The van der Waals surface area contributed by atoms with Gasteiger partial charge in [-0.2, -0.15) is 0 Å². The van der Waals surface area contributed by atoms with Crippen LogP contribution in [0, 0.1) is 13.8 Å². The molecule has 0 bridgehead atoms. The molecule has 0 fully saturated rings. The van der Waals surface area contributed by atoms with E-state index in [-0.39, 0.29) is 12.3 Å². The number of benzene rings is 1. The van der Waals surface area contributed by atoms with E-state index in [1.54, 1.807) is 11.4 Å². The molecule has 0 saturated heterocycles. The predicted molar refractivity (Wildman–Crippen MR) is 83.9 cm³/mol. The fourth-order valence-corrected chi connectivity index (χ4v) is 2.72. The van der Waals surface area contributed by atoms with Crippen molar-refractivity contribution >= 4 is 28.9 Å². The van der Waals surface area contributed by atoms with Gasteiger partial charge in [-0.3, -0.25) is 4.79 Å². The van der Waals surface area contributed by atoms with Crippen LogP contribution in [-0.2, 0) is 16.0 Å². The van der Waals surface area contributed by atoms with Crippen LogP contribution in [0.2, 0.25) is 0 Å². The fourth-order valence-electron chi connectivity index (χ4n) is 1.95. The molecule has 1 aromatic heterocycles. The molecule has 5 heteroatoms. The summed E-state index contributed by atoms with van der Waals surface area (Å²) in [5.41, 5.74) is 3.81. The zero-order valence-corrected chi connectivity index (χ0v) is 13.0. The van der Waals surface area contributed by atoms with Crippen molar-refractivity contribution in [2.24, 2.45) is 0 Å². The number of methoxy groups -OCH3 is 1. The molecule has 4 nitrogen and oxygen atoms in total. The van der Waals surface area contributed by atoms with Crippen LogP contribution in [0.5, 0.6) is 0 Å². The Kier molecular flexibility index (Phi) is 4.75. The van der Waals surface area contributed by atoms with Crippen molar-refractivity contribution in [3.63, 3.8) is 0 Å². The first-order valence-corrected chi connectivity index (χ1v) is 7.41. The zero-order valence-electron chi connectivity index (χ0n) is 12.2. The maximum Gasteiger partial charge on any atom is 0.350 e. The van der Waals surface area contributed by atoms with Gasteiger partial charge >= 0.3 is 5.97 Å². The van der Waals surface area contributed by atoms with Gasteiger partial charge in [0.05, 0.1) is 19.2 Å². The molecule has 0 unspecified atom stereocenters. The number of amides is 1. The summed E-state index contributed by atoms with van der Waals surface area (Å²) >= 11 is 1.25. The first-order chi connectivity index (χ1) is 10.0. The molecule has 0 aliphatic carbocycles. The smallest absolute Gasteiger partial charge is 0.350 e. The normalized spacial score (nSPS) is 10.2. The van der Waals surface area contributed by atoms with Crippen LogP contribution >= 0.6 is 11.3 Å². The van der Waals surface area contributed by atoms with E-state index in [0.29, 0.717) is 10.6 Å². The molecule has 1 heterocycles. The van der Waals surface area contributed by atoms with Crippen LogP contribution in [0.1, 0.15) is 26.4 Å². The van der Waals surface area contributed by atoms with Gasteiger partial charge in [0, 0.05) is 0 Å². The number of hydrogen-bond acceptors (Lipinski definition) is 4. The van der Waals surface area contributed by atoms with Crippen molar-refractivity contribution in [1.29, 1.82) is 0 Å². The van der Waals surface area contributed by atoms with E-state index in [4.69, 9.17) is 0 Å². The second kappa shape index (κ2) is 6.54. The number of anilines is 1. The van der Waals surface area contributed by atoms with E-state index in [2.05, 4.69) is 10.1 Å². The summed E-state index contributed by atoms with van der Waals surface area (Å²) in [5, 5.41) is 4.51. The Morgan fingerprint density at radius 3 is 2.62 bits per heavy atom. The predicted octanol–water partition coefficient (Wildman–Crippen LogP) is 3.33. The molecule has 0 aliphatic heterocycles.